The maximum Gasteiger partial charge on any atom is 0.231 e. The molecule has 2 heterocycles. The van der Waals surface area contributed by atoms with Crippen LogP contribution in [0.3, 0.4) is 0 Å². The predicted octanol–water partition coefficient (Wildman–Crippen LogP) is 3.31. The van der Waals surface area contributed by atoms with Crippen LogP contribution >= 0.6 is 0 Å². The number of Topliss-reactive ketones (excluding diaryl/α,β-unsaturated/α-hetero) is 2. The molecule has 0 atom stereocenters. The quantitative estimate of drug-likeness (QED) is 0.590. The summed E-state index contributed by atoms with van der Waals surface area (Å²) in [5, 5.41) is 0. The highest BCUT2D eigenvalue weighted by atomic mass is 16.2. The number of hydrogen-bond acceptors (Lipinski definition) is 3. The third kappa shape index (κ3) is 2.25. The minimum absolute atomic E-state index is 0.325. The summed E-state index contributed by atoms with van der Waals surface area (Å²) in [4.78, 5) is 30.5. The fraction of sp³-hybridized carbons (Fsp3) is 0.118. The largest absolute Gasteiger partial charge is 0.359 e. The Hall–Kier alpha value is -2.75. The summed E-state index contributed by atoms with van der Waals surface area (Å²) in [5.41, 5.74) is 4.81. The molecule has 21 heavy (non-hydrogen) atoms. The van der Waals surface area contributed by atoms with Gasteiger partial charge in [0.25, 0.3) is 0 Å². The van der Waals surface area contributed by atoms with Gasteiger partial charge in [-0.25, -0.2) is 0 Å². The minimum atomic E-state index is -0.519. The SMILES string of the molecule is CC(=O)C(=O)c1c[nH]c2c(-c3ccc(C)cc3)ccnc12. The van der Waals surface area contributed by atoms with Crippen molar-refractivity contribution >= 4 is 22.6 Å². The van der Waals surface area contributed by atoms with E-state index in [9.17, 15) is 9.59 Å². The van der Waals surface area contributed by atoms with E-state index in [2.05, 4.69) is 9.97 Å². The van der Waals surface area contributed by atoms with Gasteiger partial charge in [-0.15, -0.1) is 0 Å². The Morgan fingerprint density at radius 2 is 1.81 bits per heavy atom. The molecule has 1 N–H and O–H groups in total. The number of carbonyl (C=O) groups excluding carboxylic acids is 2. The number of aryl methyl sites for hydroxylation is 1. The maximum absolute atomic E-state index is 11.9. The molecule has 3 rings (SSSR count). The van der Waals surface area contributed by atoms with Crippen molar-refractivity contribution in [2.45, 2.75) is 13.8 Å². The number of pyridine rings is 1. The first-order valence-corrected chi connectivity index (χ1v) is 6.66. The Bertz CT molecular complexity index is 845. The van der Waals surface area contributed by atoms with Crippen LogP contribution in [0.25, 0.3) is 22.2 Å². The first-order valence-electron chi connectivity index (χ1n) is 6.66. The lowest BCUT2D eigenvalue weighted by atomic mass is 10.0. The van der Waals surface area contributed by atoms with E-state index in [1.807, 2.05) is 37.3 Å². The zero-order valence-corrected chi connectivity index (χ0v) is 11.8. The normalized spacial score (nSPS) is 10.8. The smallest absolute Gasteiger partial charge is 0.231 e. The topological polar surface area (TPSA) is 62.8 Å². The summed E-state index contributed by atoms with van der Waals surface area (Å²) in [6.45, 7) is 3.30. The Kier molecular flexibility index (Phi) is 3.14. The second-order valence-corrected chi connectivity index (χ2v) is 5.04. The average Bonchev–Trinajstić information content (AvgIpc) is 2.91. The molecule has 0 saturated heterocycles. The van der Waals surface area contributed by atoms with E-state index in [-0.39, 0.29) is 0 Å². The number of H-pyrrole nitrogens is 1. The van der Waals surface area contributed by atoms with E-state index >= 15 is 0 Å². The summed E-state index contributed by atoms with van der Waals surface area (Å²) in [6.07, 6.45) is 3.21. The van der Waals surface area contributed by atoms with E-state index in [4.69, 9.17) is 0 Å². The predicted molar refractivity (Wildman–Crippen MR) is 81.3 cm³/mol. The number of carbonyl (C=O) groups is 2. The van der Waals surface area contributed by atoms with Gasteiger partial charge < -0.3 is 4.98 Å². The van der Waals surface area contributed by atoms with Crippen molar-refractivity contribution in [3.05, 3.63) is 53.9 Å². The number of aromatic nitrogens is 2. The van der Waals surface area contributed by atoms with Crippen molar-refractivity contribution < 1.29 is 9.59 Å². The van der Waals surface area contributed by atoms with Crippen molar-refractivity contribution in [3.63, 3.8) is 0 Å². The number of nitrogens with zero attached hydrogens (tertiary/aromatic N) is 1. The van der Waals surface area contributed by atoms with Crippen LogP contribution in [-0.4, -0.2) is 21.5 Å². The first kappa shape index (κ1) is 13.2. The Balaban J connectivity index is 2.20. The number of ketones is 2. The molecule has 0 bridgehead atoms. The number of aromatic amines is 1. The fourth-order valence-corrected chi connectivity index (χ4v) is 2.36. The third-order valence-electron chi connectivity index (χ3n) is 3.49. The molecule has 0 unspecified atom stereocenters. The number of benzene rings is 1. The summed E-state index contributed by atoms with van der Waals surface area (Å²) in [6, 6.07) is 10.0. The van der Waals surface area contributed by atoms with Gasteiger partial charge in [-0.1, -0.05) is 29.8 Å². The molecule has 0 aliphatic heterocycles. The van der Waals surface area contributed by atoms with Gasteiger partial charge in [-0.2, -0.15) is 0 Å². The maximum atomic E-state index is 11.9. The molecule has 0 fully saturated rings. The van der Waals surface area contributed by atoms with E-state index in [1.54, 1.807) is 12.4 Å². The summed E-state index contributed by atoms with van der Waals surface area (Å²) >= 11 is 0. The Labute approximate surface area is 121 Å². The van der Waals surface area contributed by atoms with Gasteiger partial charge in [0, 0.05) is 24.9 Å². The minimum Gasteiger partial charge on any atom is -0.359 e. The molecule has 2 aromatic heterocycles. The average molecular weight is 278 g/mol. The molecule has 1 aromatic carbocycles. The highest BCUT2D eigenvalue weighted by Gasteiger charge is 2.18. The van der Waals surface area contributed by atoms with Crippen molar-refractivity contribution in [2.24, 2.45) is 0 Å². The first-order chi connectivity index (χ1) is 10.1. The molecule has 0 spiro atoms. The van der Waals surface area contributed by atoms with Gasteiger partial charge in [0.2, 0.25) is 5.78 Å². The van der Waals surface area contributed by atoms with E-state index < -0.39 is 11.6 Å². The van der Waals surface area contributed by atoms with Crippen LogP contribution in [0.2, 0.25) is 0 Å². The highest BCUT2D eigenvalue weighted by molar-refractivity contribution is 6.44. The fourth-order valence-electron chi connectivity index (χ4n) is 2.36. The van der Waals surface area contributed by atoms with Crippen molar-refractivity contribution in [2.75, 3.05) is 0 Å². The number of nitrogens with one attached hydrogen (secondary N) is 1. The Morgan fingerprint density at radius 1 is 1.10 bits per heavy atom. The molecule has 0 amide bonds. The molecule has 0 saturated carbocycles. The number of rotatable bonds is 3. The van der Waals surface area contributed by atoms with Crippen molar-refractivity contribution in [3.8, 4) is 11.1 Å². The molecule has 4 heteroatoms. The second kappa shape index (κ2) is 4.98. The molecule has 0 radical (unpaired) electrons. The van der Waals surface area contributed by atoms with E-state index in [0.717, 1.165) is 16.6 Å². The van der Waals surface area contributed by atoms with Gasteiger partial charge in [-0.3, -0.25) is 14.6 Å². The highest BCUT2D eigenvalue weighted by Crippen LogP contribution is 2.28. The molecule has 4 nitrogen and oxygen atoms in total. The zero-order chi connectivity index (χ0) is 15.0. The van der Waals surface area contributed by atoms with E-state index in [1.165, 1.54) is 12.5 Å². The number of fused-ring (bicyclic) bond motifs is 1. The van der Waals surface area contributed by atoms with Gasteiger partial charge in [0.15, 0.2) is 5.78 Å². The van der Waals surface area contributed by atoms with Crippen LogP contribution in [0, 0.1) is 6.92 Å². The lowest BCUT2D eigenvalue weighted by Gasteiger charge is -2.04. The zero-order valence-electron chi connectivity index (χ0n) is 11.8. The van der Waals surface area contributed by atoms with Crippen LogP contribution in [0.4, 0.5) is 0 Å². The van der Waals surface area contributed by atoms with E-state index in [0.29, 0.717) is 11.1 Å². The van der Waals surface area contributed by atoms with Gasteiger partial charge >= 0.3 is 0 Å². The van der Waals surface area contributed by atoms with Crippen LogP contribution < -0.4 is 0 Å². The molecular formula is C17H14N2O2. The monoisotopic (exact) mass is 278 g/mol. The van der Waals surface area contributed by atoms with Crippen molar-refractivity contribution in [1.29, 1.82) is 0 Å². The van der Waals surface area contributed by atoms with Gasteiger partial charge in [0.1, 0.15) is 0 Å². The summed E-state index contributed by atoms with van der Waals surface area (Å²) < 4.78 is 0. The molecule has 0 aliphatic carbocycles. The standard InChI is InChI=1S/C17H14N2O2/c1-10-3-5-12(6-4-10)13-7-8-18-16-14(9-19-15(13)16)17(21)11(2)20/h3-9,19H,1-2H3. The Morgan fingerprint density at radius 3 is 2.48 bits per heavy atom. The summed E-state index contributed by atoms with van der Waals surface area (Å²) in [5.74, 6) is -1.01. The third-order valence-corrected chi connectivity index (χ3v) is 3.49. The summed E-state index contributed by atoms with van der Waals surface area (Å²) in [7, 11) is 0. The van der Waals surface area contributed by atoms with Crippen LogP contribution in [-0.2, 0) is 4.79 Å². The van der Waals surface area contributed by atoms with Crippen LogP contribution in [0.5, 0.6) is 0 Å². The van der Waals surface area contributed by atoms with Gasteiger partial charge in [0.05, 0.1) is 16.6 Å². The number of hydrogen-bond donors (Lipinski definition) is 1. The van der Waals surface area contributed by atoms with Crippen molar-refractivity contribution in [1.82, 2.24) is 9.97 Å². The molecule has 104 valence electrons. The molecule has 3 aromatic rings. The lowest BCUT2D eigenvalue weighted by Crippen LogP contribution is -2.09. The lowest BCUT2D eigenvalue weighted by molar-refractivity contribution is -0.113. The van der Waals surface area contributed by atoms with Crippen LogP contribution in [0.15, 0.2) is 42.7 Å². The van der Waals surface area contributed by atoms with Gasteiger partial charge in [-0.05, 0) is 18.6 Å². The molecular weight excluding hydrogens is 264 g/mol. The van der Waals surface area contributed by atoms with Crippen LogP contribution in [0.1, 0.15) is 22.8 Å². The second-order valence-electron chi connectivity index (χ2n) is 5.04. The molecule has 0 aliphatic rings.